The van der Waals surface area contributed by atoms with Gasteiger partial charge in [0.2, 0.25) is 5.60 Å². The lowest BCUT2D eigenvalue weighted by Gasteiger charge is -2.40. The Morgan fingerprint density at radius 2 is 1.30 bits per heavy atom. The first-order valence-electron chi connectivity index (χ1n) is 14.3. The minimum absolute atomic E-state index is 0.325. The summed E-state index contributed by atoms with van der Waals surface area (Å²) in [5, 5.41) is 0. The number of benzene rings is 3. The van der Waals surface area contributed by atoms with Gasteiger partial charge in [-0.25, -0.2) is 9.59 Å². The molecular formula is C36H36O8. The lowest BCUT2D eigenvalue weighted by atomic mass is 9.66. The third-order valence-electron chi connectivity index (χ3n) is 8.15. The van der Waals surface area contributed by atoms with Crippen LogP contribution in [0.5, 0.6) is 5.75 Å². The minimum atomic E-state index is -2.62. The van der Waals surface area contributed by atoms with Crippen LogP contribution in [0.15, 0.2) is 108 Å². The van der Waals surface area contributed by atoms with E-state index in [0.29, 0.717) is 22.5 Å². The number of methoxy groups -OCH3 is 3. The maximum absolute atomic E-state index is 15.2. The number of hydrogen-bond acceptors (Lipinski definition) is 8. The van der Waals surface area contributed by atoms with E-state index in [1.54, 1.807) is 24.3 Å². The first-order chi connectivity index (χ1) is 21.0. The summed E-state index contributed by atoms with van der Waals surface area (Å²) in [5.74, 6) is -2.83. The molecule has 1 saturated heterocycles. The molecule has 0 radical (unpaired) electrons. The molecule has 0 saturated carbocycles. The van der Waals surface area contributed by atoms with E-state index in [0.717, 1.165) is 25.3 Å². The number of hydrogen-bond donors (Lipinski definition) is 0. The Labute approximate surface area is 257 Å². The Balaban J connectivity index is 1.80. The lowest BCUT2D eigenvalue weighted by molar-refractivity contribution is -0.191. The first-order valence-corrected chi connectivity index (χ1v) is 14.3. The molecule has 3 aromatic carbocycles. The Morgan fingerprint density at radius 1 is 0.773 bits per heavy atom. The summed E-state index contributed by atoms with van der Waals surface area (Å²) < 4.78 is 28.5. The van der Waals surface area contributed by atoms with Gasteiger partial charge in [-0.1, -0.05) is 99.6 Å². The van der Waals surface area contributed by atoms with Crippen molar-refractivity contribution < 1.29 is 38.1 Å². The van der Waals surface area contributed by atoms with Gasteiger partial charge in [0.05, 0.1) is 21.3 Å². The fraction of sp³-hybridized carbons (Fsp3) is 0.306. The fourth-order valence-corrected chi connectivity index (χ4v) is 5.80. The molecule has 0 bridgehead atoms. The van der Waals surface area contributed by atoms with Crippen molar-refractivity contribution in [3.05, 3.63) is 125 Å². The summed E-state index contributed by atoms with van der Waals surface area (Å²) in [6, 6.07) is 25.9. The Bertz CT molecular complexity index is 1540. The predicted molar refractivity (Wildman–Crippen MR) is 163 cm³/mol. The summed E-state index contributed by atoms with van der Waals surface area (Å²) >= 11 is 0. The van der Waals surface area contributed by atoms with Gasteiger partial charge in [0, 0.05) is 17.1 Å². The second-order valence-corrected chi connectivity index (χ2v) is 11.8. The van der Waals surface area contributed by atoms with Gasteiger partial charge in [0.25, 0.3) is 0 Å². The van der Waals surface area contributed by atoms with Gasteiger partial charge in [-0.05, 0) is 40.3 Å². The molecule has 8 nitrogen and oxygen atoms in total. The number of ketones is 1. The lowest BCUT2D eigenvalue weighted by Crippen LogP contribution is -2.67. The summed E-state index contributed by atoms with van der Waals surface area (Å²) in [5.41, 5.74) is -2.30. The van der Waals surface area contributed by atoms with E-state index >= 15 is 4.79 Å². The van der Waals surface area contributed by atoms with Crippen LogP contribution in [0.25, 0.3) is 0 Å². The van der Waals surface area contributed by atoms with Crippen molar-refractivity contribution in [2.24, 2.45) is 5.41 Å². The number of ether oxygens (including phenoxy) is 5. The van der Waals surface area contributed by atoms with E-state index in [1.165, 1.54) is 13.2 Å². The molecule has 0 N–H and O–H groups in total. The molecule has 0 amide bonds. The van der Waals surface area contributed by atoms with Crippen LogP contribution in [-0.2, 0) is 33.3 Å². The van der Waals surface area contributed by atoms with Crippen LogP contribution < -0.4 is 4.74 Å². The average Bonchev–Trinajstić information content (AvgIpc) is 3.39. The Kier molecular flexibility index (Phi) is 8.34. The van der Waals surface area contributed by atoms with E-state index in [9.17, 15) is 9.59 Å². The van der Waals surface area contributed by atoms with Crippen molar-refractivity contribution in [2.75, 3.05) is 21.3 Å². The van der Waals surface area contributed by atoms with Gasteiger partial charge in [-0.2, -0.15) is 0 Å². The third kappa shape index (κ3) is 5.04. The SMILES string of the molecule is COC(=O)C1(C(=O)OC)O[C@H](c2ccc(OC)cc2)O[C@]12C=C(C(C)(C)C)C=C(C(c1ccccc1)c1ccccc1)C2=O. The number of carbonyl (C=O) groups excluding carboxylic acids is 3. The molecule has 1 aliphatic carbocycles. The quantitative estimate of drug-likeness (QED) is 0.247. The Hall–Kier alpha value is -4.53. The zero-order valence-electron chi connectivity index (χ0n) is 25.7. The number of carbonyl (C=O) groups is 3. The molecule has 2 aliphatic rings. The van der Waals surface area contributed by atoms with Gasteiger partial charge in [0.15, 0.2) is 12.1 Å². The van der Waals surface area contributed by atoms with Crippen molar-refractivity contribution in [1.29, 1.82) is 0 Å². The topological polar surface area (TPSA) is 97.4 Å². The molecule has 2 atom stereocenters. The number of esters is 2. The fourth-order valence-electron chi connectivity index (χ4n) is 5.80. The highest BCUT2D eigenvalue weighted by Crippen LogP contribution is 2.54. The Morgan fingerprint density at radius 3 is 1.75 bits per heavy atom. The van der Waals surface area contributed by atoms with Crippen molar-refractivity contribution in [3.8, 4) is 5.75 Å². The highest BCUT2D eigenvalue weighted by molar-refractivity contribution is 6.18. The predicted octanol–water partition coefficient (Wildman–Crippen LogP) is 5.88. The van der Waals surface area contributed by atoms with Crippen molar-refractivity contribution in [1.82, 2.24) is 0 Å². The van der Waals surface area contributed by atoms with Crippen molar-refractivity contribution in [2.45, 2.75) is 44.2 Å². The molecule has 3 aromatic rings. The van der Waals surface area contributed by atoms with Gasteiger partial charge < -0.3 is 23.7 Å². The van der Waals surface area contributed by atoms with Crippen LogP contribution in [0.3, 0.4) is 0 Å². The normalized spacial score (nSPS) is 21.1. The zero-order valence-corrected chi connectivity index (χ0v) is 25.7. The highest BCUT2D eigenvalue weighted by atomic mass is 16.8. The second kappa shape index (κ2) is 11.9. The van der Waals surface area contributed by atoms with Gasteiger partial charge in [-0.3, -0.25) is 4.79 Å². The first kappa shape index (κ1) is 30.9. The maximum Gasteiger partial charge on any atom is 0.354 e. The van der Waals surface area contributed by atoms with Crippen molar-refractivity contribution in [3.63, 3.8) is 0 Å². The van der Waals surface area contributed by atoms with Crippen LogP contribution in [-0.4, -0.2) is 50.3 Å². The molecule has 1 aliphatic heterocycles. The van der Waals surface area contributed by atoms with E-state index in [4.69, 9.17) is 23.7 Å². The minimum Gasteiger partial charge on any atom is -0.497 e. The molecule has 8 heteroatoms. The molecule has 0 aromatic heterocycles. The maximum atomic E-state index is 15.2. The van der Waals surface area contributed by atoms with E-state index in [2.05, 4.69) is 0 Å². The smallest absolute Gasteiger partial charge is 0.354 e. The zero-order chi connectivity index (χ0) is 31.7. The third-order valence-corrected chi connectivity index (χ3v) is 8.15. The molecular weight excluding hydrogens is 560 g/mol. The van der Waals surface area contributed by atoms with Crippen LogP contribution >= 0.6 is 0 Å². The van der Waals surface area contributed by atoms with Gasteiger partial charge in [-0.15, -0.1) is 0 Å². The molecule has 228 valence electrons. The van der Waals surface area contributed by atoms with Crippen LogP contribution in [0, 0.1) is 5.41 Å². The summed E-state index contributed by atoms with van der Waals surface area (Å²) in [6.45, 7) is 5.93. The standard InChI is InChI=1S/C36H36O8/c1-34(2,3)26-21-28(29(23-13-9-7-10-14-23)24-15-11-8-12-16-24)30(37)35(22-26)36(32(38)41-5,33(39)42-6)44-31(43-35)25-17-19-27(40-4)20-18-25/h7-22,29,31H,1-6H3/t31-,35+/m1/s1. The molecule has 1 spiro atoms. The monoisotopic (exact) mass is 596 g/mol. The number of allylic oxidation sites excluding steroid dienone is 2. The largest absolute Gasteiger partial charge is 0.497 e. The molecule has 5 rings (SSSR count). The molecule has 0 unspecified atom stereocenters. The average molecular weight is 597 g/mol. The number of Topliss-reactive ketones (excluding diaryl/α,β-unsaturated/α-hetero) is 1. The summed E-state index contributed by atoms with van der Waals surface area (Å²) in [4.78, 5) is 42.9. The summed E-state index contributed by atoms with van der Waals surface area (Å²) in [6.07, 6.45) is 2.05. The number of rotatable bonds is 7. The van der Waals surface area contributed by atoms with Gasteiger partial charge in [0.1, 0.15) is 5.75 Å². The van der Waals surface area contributed by atoms with Crippen LogP contribution in [0.1, 0.15) is 49.7 Å². The summed E-state index contributed by atoms with van der Waals surface area (Å²) in [7, 11) is 3.79. The van der Waals surface area contributed by atoms with Crippen LogP contribution in [0.4, 0.5) is 0 Å². The van der Waals surface area contributed by atoms with Crippen molar-refractivity contribution >= 4 is 17.7 Å². The van der Waals surface area contributed by atoms with E-state index in [-0.39, 0.29) is 0 Å². The highest BCUT2D eigenvalue weighted by Gasteiger charge is 2.76. The van der Waals surface area contributed by atoms with E-state index in [1.807, 2.05) is 87.5 Å². The molecule has 44 heavy (non-hydrogen) atoms. The van der Waals surface area contributed by atoms with Crippen LogP contribution in [0.2, 0.25) is 0 Å². The molecule has 1 fully saturated rings. The molecule has 1 heterocycles. The van der Waals surface area contributed by atoms with E-state index < -0.39 is 46.5 Å². The second-order valence-electron chi connectivity index (χ2n) is 11.8. The van der Waals surface area contributed by atoms with Gasteiger partial charge >= 0.3 is 17.5 Å².